The lowest BCUT2D eigenvalue weighted by Gasteiger charge is -2.30. The molecule has 3 rings (SSSR count). The van der Waals surface area contributed by atoms with E-state index in [0.29, 0.717) is 56.3 Å². The SMILES string of the molecule is CC(C)[C@H](N)C(=O)NCC(=O)N[C@@H](Cc1ccccc1)C(=O)N1CCC[C@H]1C(=O)N[C@@H](CC(=O)O)C(=O)N[C@@H](CCCCN)C(=O)N[C@@H](CCCCN)C(=O)N[C@@H](Cc1cnc[nH]1)C(=O)N[C@@H](CCCCN)C(=O)O. The number of nitrogens with one attached hydrogen (secondary N) is 8. The summed E-state index contributed by atoms with van der Waals surface area (Å²) < 4.78 is 0. The maximum atomic E-state index is 14.3. The van der Waals surface area contributed by atoms with Gasteiger partial charge in [-0.3, -0.25) is 43.2 Å². The van der Waals surface area contributed by atoms with Crippen LogP contribution in [0, 0.1) is 5.92 Å². The third-order valence-electron chi connectivity index (χ3n) is 12.5. The molecule has 1 saturated heterocycles. The van der Waals surface area contributed by atoms with Crippen LogP contribution in [0.15, 0.2) is 42.9 Å². The van der Waals surface area contributed by atoms with Crippen molar-refractivity contribution in [2.24, 2.45) is 28.9 Å². The molecule has 0 spiro atoms. The lowest BCUT2D eigenvalue weighted by atomic mass is 10.0. The molecule has 0 unspecified atom stereocenters. The highest BCUT2D eigenvalue weighted by atomic mass is 16.4. The third-order valence-corrected chi connectivity index (χ3v) is 12.5. The van der Waals surface area contributed by atoms with Crippen LogP contribution in [-0.2, 0) is 60.8 Å². The first-order chi connectivity index (χ1) is 35.8. The van der Waals surface area contributed by atoms with Crippen LogP contribution in [0.2, 0.25) is 0 Å². The number of carboxylic acid groups (broad SMARTS) is 2. The Hall–Kier alpha value is -7.03. The number of imidazole rings is 1. The fourth-order valence-corrected chi connectivity index (χ4v) is 8.23. The van der Waals surface area contributed by atoms with E-state index in [1.807, 2.05) is 0 Å². The number of hydrogen-bond donors (Lipinski definition) is 14. The maximum absolute atomic E-state index is 14.3. The molecular weight excluding hydrogens is 977 g/mol. The second-order valence-electron chi connectivity index (χ2n) is 18.9. The van der Waals surface area contributed by atoms with Gasteiger partial charge >= 0.3 is 11.9 Å². The highest BCUT2D eigenvalue weighted by Gasteiger charge is 2.40. The molecule has 18 N–H and O–H groups in total. The minimum Gasteiger partial charge on any atom is -0.481 e. The van der Waals surface area contributed by atoms with Crippen molar-refractivity contribution in [2.75, 3.05) is 32.7 Å². The molecule has 8 atom stereocenters. The van der Waals surface area contributed by atoms with E-state index in [2.05, 4.69) is 47.2 Å². The van der Waals surface area contributed by atoms with E-state index in [-0.39, 0.29) is 70.5 Å². The van der Waals surface area contributed by atoms with Crippen molar-refractivity contribution in [1.82, 2.24) is 52.1 Å². The van der Waals surface area contributed by atoms with Crippen LogP contribution in [0.3, 0.4) is 0 Å². The molecule has 1 aromatic heterocycles. The molecule has 26 nitrogen and oxygen atoms in total. The number of H-pyrrole nitrogens is 1. The zero-order valence-corrected chi connectivity index (χ0v) is 42.9. The molecule has 75 heavy (non-hydrogen) atoms. The van der Waals surface area contributed by atoms with Crippen LogP contribution in [0.1, 0.15) is 102 Å². The zero-order valence-electron chi connectivity index (χ0n) is 42.9. The van der Waals surface area contributed by atoms with Crippen LogP contribution < -0.4 is 60.2 Å². The lowest BCUT2D eigenvalue weighted by Crippen LogP contribution is -2.60. The number of aromatic amines is 1. The average Bonchev–Trinajstić information content (AvgIpc) is 4.09. The molecule has 2 heterocycles. The van der Waals surface area contributed by atoms with Gasteiger partial charge in [-0.2, -0.15) is 0 Å². The van der Waals surface area contributed by atoms with E-state index >= 15 is 0 Å². The summed E-state index contributed by atoms with van der Waals surface area (Å²) in [7, 11) is 0. The summed E-state index contributed by atoms with van der Waals surface area (Å²) in [6, 6.07) is -1.70. The minimum absolute atomic E-state index is 0.00712. The standard InChI is InChI=1S/C49H78N14O12/c1-29(2)41(53)47(72)55-27-39(64)57-37(23-30-13-4-3-5-14-30)48(73)63-22-12-18-38(63)46(71)62-36(25-40(65)66)45(70)59-32(15-6-9-19-50)42(67)58-33(16-7-10-20-51)43(68)61-35(24-31-26-54-28-56-31)44(69)60-34(49(74)75)17-8-11-21-52/h3-5,13-14,26,28-29,32-38,41H,6-12,15-25,27,50-53H2,1-2H3,(H,54,56)(H,55,72)(H,57,64)(H,58,67)(H,59,70)(H,60,69)(H,61,68)(H,62,71)(H,65,66)(H,74,75)/t32-,33-,34-,35-,36-,37-,38-,41-/m0/s1. The van der Waals surface area contributed by atoms with Crippen LogP contribution in [0.4, 0.5) is 0 Å². The van der Waals surface area contributed by atoms with Gasteiger partial charge in [-0.25, -0.2) is 9.78 Å². The Morgan fingerprint density at radius 1 is 0.667 bits per heavy atom. The Labute approximate surface area is 436 Å². The highest BCUT2D eigenvalue weighted by Crippen LogP contribution is 2.21. The Morgan fingerprint density at radius 2 is 1.20 bits per heavy atom. The number of rotatable bonds is 35. The maximum Gasteiger partial charge on any atom is 0.326 e. The summed E-state index contributed by atoms with van der Waals surface area (Å²) in [6.07, 6.45) is 4.59. The van der Waals surface area contributed by atoms with Crippen LogP contribution in [0.5, 0.6) is 0 Å². The molecule has 0 bridgehead atoms. The fourth-order valence-electron chi connectivity index (χ4n) is 8.23. The van der Waals surface area contributed by atoms with E-state index in [9.17, 15) is 58.2 Å². The predicted octanol–water partition coefficient (Wildman–Crippen LogP) is -2.86. The Balaban J connectivity index is 1.85. The van der Waals surface area contributed by atoms with Crippen molar-refractivity contribution in [2.45, 2.75) is 152 Å². The number of aliphatic carboxylic acids is 2. The second-order valence-corrected chi connectivity index (χ2v) is 18.9. The van der Waals surface area contributed by atoms with Crippen molar-refractivity contribution in [3.63, 3.8) is 0 Å². The zero-order chi connectivity index (χ0) is 55.5. The monoisotopic (exact) mass is 1050 g/mol. The number of carboxylic acids is 2. The third kappa shape index (κ3) is 21.8. The van der Waals surface area contributed by atoms with Gasteiger partial charge in [0.2, 0.25) is 47.3 Å². The largest absolute Gasteiger partial charge is 0.481 e. The normalized spacial score (nSPS) is 16.0. The number of nitrogens with zero attached hydrogens (tertiary/aromatic N) is 2. The van der Waals surface area contributed by atoms with Gasteiger partial charge < -0.3 is 80.2 Å². The topological polar surface area (TPSA) is 431 Å². The number of carbonyl (C=O) groups is 10. The van der Waals surface area contributed by atoms with E-state index in [4.69, 9.17) is 22.9 Å². The molecule has 0 aliphatic carbocycles. The van der Waals surface area contributed by atoms with Gasteiger partial charge in [0, 0.05) is 31.3 Å². The van der Waals surface area contributed by atoms with Crippen molar-refractivity contribution in [3.05, 3.63) is 54.1 Å². The summed E-state index contributed by atoms with van der Waals surface area (Å²) in [4.78, 5) is 142. The van der Waals surface area contributed by atoms with Crippen LogP contribution in [-0.4, -0.2) is 165 Å². The number of nitrogens with two attached hydrogens (primary N) is 4. The van der Waals surface area contributed by atoms with Gasteiger partial charge in [0.1, 0.15) is 42.3 Å². The number of carbonyl (C=O) groups excluding carboxylic acids is 8. The quantitative estimate of drug-likeness (QED) is 0.0309. The molecular formula is C49H78N14O12. The molecule has 1 aromatic carbocycles. The average molecular weight is 1060 g/mol. The van der Waals surface area contributed by atoms with Gasteiger partial charge in [-0.15, -0.1) is 0 Å². The summed E-state index contributed by atoms with van der Waals surface area (Å²) in [5.41, 5.74) is 24.1. The Bertz CT molecular complexity index is 2180. The first-order valence-electron chi connectivity index (χ1n) is 25.5. The fraction of sp³-hybridized carbons (Fsp3) is 0.612. The molecule has 26 heteroatoms. The molecule has 1 fully saturated rings. The van der Waals surface area contributed by atoms with Crippen molar-refractivity contribution in [3.8, 4) is 0 Å². The minimum atomic E-state index is -1.77. The van der Waals surface area contributed by atoms with Gasteiger partial charge in [-0.05, 0) is 102 Å². The number of aromatic nitrogens is 2. The van der Waals surface area contributed by atoms with E-state index in [0.717, 1.165) is 0 Å². The molecule has 416 valence electrons. The second kappa shape index (κ2) is 33.0. The number of unbranched alkanes of at least 4 members (excludes halogenated alkanes) is 3. The molecule has 8 amide bonds. The Morgan fingerprint density at radius 3 is 1.72 bits per heavy atom. The summed E-state index contributed by atoms with van der Waals surface area (Å²) in [6.45, 7) is 3.86. The van der Waals surface area contributed by atoms with Gasteiger partial charge in [0.25, 0.3) is 0 Å². The number of amides is 8. The van der Waals surface area contributed by atoms with Crippen molar-refractivity contribution in [1.29, 1.82) is 0 Å². The van der Waals surface area contributed by atoms with Crippen molar-refractivity contribution >= 4 is 59.2 Å². The molecule has 1 aliphatic rings. The molecule has 1 aliphatic heterocycles. The lowest BCUT2D eigenvalue weighted by molar-refractivity contribution is -0.144. The number of benzene rings is 1. The van der Waals surface area contributed by atoms with E-state index in [1.165, 1.54) is 17.4 Å². The predicted molar refractivity (Wildman–Crippen MR) is 273 cm³/mol. The first-order valence-corrected chi connectivity index (χ1v) is 25.5. The van der Waals surface area contributed by atoms with Crippen LogP contribution >= 0.6 is 0 Å². The van der Waals surface area contributed by atoms with Gasteiger partial charge in [0.05, 0.1) is 25.3 Å². The smallest absolute Gasteiger partial charge is 0.326 e. The highest BCUT2D eigenvalue weighted by molar-refractivity contribution is 5.99. The van der Waals surface area contributed by atoms with E-state index < -0.39 is 120 Å². The molecule has 0 radical (unpaired) electrons. The number of likely N-dealkylation sites (tertiary alicyclic amines) is 1. The van der Waals surface area contributed by atoms with Gasteiger partial charge in [0.15, 0.2) is 0 Å². The number of hydrogen-bond acceptors (Lipinski definition) is 15. The van der Waals surface area contributed by atoms with Gasteiger partial charge in [-0.1, -0.05) is 44.2 Å². The summed E-state index contributed by atoms with van der Waals surface area (Å²) in [5.74, 6) is -9.34. The first kappa shape index (κ1) is 62.3. The molecule has 2 aromatic rings. The van der Waals surface area contributed by atoms with E-state index in [1.54, 1.807) is 44.2 Å². The Kier molecular flexibility index (Phi) is 27.4. The summed E-state index contributed by atoms with van der Waals surface area (Å²) >= 11 is 0. The molecule has 0 saturated carbocycles. The summed E-state index contributed by atoms with van der Waals surface area (Å²) in [5, 5.41) is 37.6. The van der Waals surface area contributed by atoms with Crippen molar-refractivity contribution < 1.29 is 58.2 Å². The van der Waals surface area contributed by atoms with Crippen LogP contribution in [0.25, 0.3) is 0 Å².